The van der Waals surface area contributed by atoms with E-state index in [-0.39, 0.29) is 57.1 Å². The largest absolute Gasteiger partial charge is 1.00 e. The molecule has 1 rings (SSSR count). The first-order valence-electron chi connectivity index (χ1n) is 3.23. The molecule has 3 heteroatoms. The fourth-order valence-corrected chi connectivity index (χ4v) is 0.725. The minimum absolute atomic E-state index is 0. The van der Waals surface area contributed by atoms with Crippen molar-refractivity contribution in [3.05, 3.63) is 24.3 Å². The van der Waals surface area contributed by atoms with E-state index in [4.69, 9.17) is 4.74 Å². The Balaban J connectivity index is 0.000001000. The topological polar surface area (TPSA) is 32.3 Å². The van der Waals surface area contributed by atoms with Crippen LogP contribution < -0.4 is 61.2 Å². The Kier molecular flexibility index (Phi) is 6.28. The molecule has 0 N–H and O–H groups in total. The van der Waals surface area contributed by atoms with Crippen molar-refractivity contribution < 1.29 is 61.2 Å². The van der Waals surface area contributed by atoms with Gasteiger partial charge in [-0.1, -0.05) is 23.9 Å². The molecule has 0 heterocycles. The molecule has 0 radical (unpaired) electrons. The Morgan fingerprint density at radius 2 is 2.00 bits per heavy atom. The van der Waals surface area contributed by atoms with Crippen molar-refractivity contribution in [2.75, 3.05) is 6.61 Å². The molecule has 0 fully saturated rings. The summed E-state index contributed by atoms with van der Waals surface area (Å²) in [5.74, 6) is 0.384. The summed E-state index contributed by atoms with van der Waals surface area (Å²) in [6, 6.07) is 6.65. The minimum Gasteiger partial charge on any atom is -0.870 e. The van der Waals surface area contributed by atoms with Crippen LogP contribution in [0, 0.1) is 0 Å². The minimum atomic E-state index is -0.0515. The maximum Gasteiger partial charge on any atom is 1.00 e. The quantitative estimate of drug-likeness (QED) is 0.496. The molecule has 1 aromatic carbocycles. The van der Waals surface area contributed by atoms with Gasteiger partial charge in [0.25, 0.3) is 0 Å². The number of hydrogen-bond acceptors (Lipinski definition) is 2. The maximum atomic E-state index is 10.9. The summed E-state index contributed by atoms with van der Waals surface area (Å²) >= 11 is 0. The zero-order valence-electron chi connectivity index (χ0n) is 6.83. The predicted octanol–water partition coefficient (Wildman–Crippen LogP) is -1.84. The number of hydrogen-bond donors (Lipinski definition) is 0. The van der Waals surface area contributed by atoms with E-state index in [0.29, 0.717) is 12.4 Å². The van der Waals surface area contributed by atoms with Gasteiger partial charge in [-0.2, -0.15) is 0 Å². The predicted molar refractivity (Wildman–Crippen MR) is 37.1 cm³/mol. The molecule has 54 valence electrons. The molecule has 2 nitrogen and oxygen atoms in total. The van der Waals surface area contributed by atoms with Gasteiger partial charge < -0.3 is 9.84 Å². The summed E-state index contributed by atoms with van der Waals surface area (Å²) in [7, 11) is 0. The van der Waals surface area contributed by atoms with E-state index in [1.54, 1.807) is 18.2 Å². The third-order valence-electron chi connectivity index (χ3n) is 1.15. The van der Waals surface area contributed by atoms with Gasteiger partial charge in [0.05, 0.1) is 6.61 Å². The second kappa shape index (κ2) is 6.03. The average Bonchev–Trinajstić information content (AvgIpc) is 1.94. The molecule has 0 spiro atoms. The van der Waals surface area contributed by atoms with Crippen LogP contribution in [0.3, 0.4) is 0 Å². The number of benzene rings is 1. The summed E-state index contributed by atoms with van der Waals surface area (Å²) in [5.41, 5.74) is 0. The van der Waals surface area contributed by atoms with Crippen molar-refractivity contribution in [3.63, 3.8) is 0 Å². The number of para-hydroxylation sites is 2. The molecule has 1 aromatic rings. The SMILES string of the molecule is CCOc1ccccc1[O-].[K+]. The van der Waals surface area contributed by atoms with Gasteiger partial charge in [0.2, 0.25) is 0 Å². The normalized spacial score (nSPS) is 8.45. The van der Waals surface area contributed by atoms with Crippen LogP contribution in [0.1, 0.15) is 6.92 Å². The van der Waals surface area contributed by atoms with Crippen molar-refractivity contribution >= 4 is 0 Å². The van der Waals surface area contributed by atoms with E-state index in [9.17, 15) is 5.11 Å². The van der Waals surface area contributed by atoms with Crippen molar-refractivity contribution in [2.45, 2.75) is 6.92 Å². The van der Waals surface area contributed by atoms with Crippen LogP contribution >= 0.6 is 0 Å². The Morgan fingerprint density at radius 3 is 2.55 bits per heavy atom. The fourth-order valence-electron chi connectivity index (χ4n) is 0.725. The molecule has 0 saturated carbocycles. The molecular formula is C8H9KO2. The standard InChI is InChI=1S/C8H10O2.K/c1-2-10-8-6-4-3-5-7(8)9;/h3-6,9H,2H2,1H3;/q;+1/p-1. The second-order valence-corrected chi connectivity index (χ2v) is 1.88. The molecule has 0 unspecified atom stereocenters. The molecule has 0 bridgehead atoms. The Morgan fingerprint density at radius 1 is 1.36 bits per heavy atom. The van der Waals surface area contributed by atoms with Crippen LogP contribution in [0.15, 0.2) is 24.3 Å². The maximum absolute atomic E-state index is 10.9. The van der Waals surface area contributed by atoms with E-state index in [2.05, 4.69) is 0 Å². The Bertz CT molecular complexity index is 213. The summed E-state index contributed by atoms with van der Waals surface area (Å²) < 4.78 is 5.02. The molecular weight excluding hydrogens is 167 g/mol. The van der Waals surface area contributed by atoms with Crippen molar-refractivity contribution in [3.8, 4) is 11.5 Å². The van der Waals surface area contributed by atoms with E-state index in [1.165, 1.54) is 6.07 Å². The Hall–Kier alpha value is 0.456. The van der Waals surface area contributed by atoms with Crippen molar-refractivity contribution in [2.24, 2.45) is 0 Å². The number of ether oxygens (including phenoxy) is 1. The molecule has 0 saturated heterocycles. The van der Waals surface area contributed by atoms with Gasteiger partial charge in [-0.3, -0.25) is 0 Å². The average molecular weight is 176 g/mol. The Labute approximate surface area is 109 Å². The summed E-state index contributed by atoms with van der Waals surface area (Å²) in [6.45, 7) is 2.39. The van der Waals surface area contributed by atoms with E-state index in [1.807, 2.05) is 6.92 Å². The van der Waals surface area contributed by atoms with Gasteiger partial charge in [-0.05, 0) is 13.0 Å². The van der Waals surface area contributed by atoms with Crippen LogP contribution in [-0.4, -0.2) is 6.61 Å². The third kappa shape index (κ3) is 3.58. The van der Waals surface area contributed by atoms with E-state index >= 15 is 0 Å². The summed E-state index contributed by atoms with van der Waals surface area (Å²) in [6.07, 6.45) is 0. The molecule has 11 heavy (non-hydrogen) atoms. The summed E-state index contributed by atoms with van der Waals surface area (Å²) in [4.78, 5) is 0. The molecule has 0 aliphatic carbocycles. The van der Waals surface area contributed by atoms with Crippen LogP contribution in [0.2, 0.25) is 0 Å². The van der Waals surface area contributed by atoms with Gasteiger partial charge in [-0.15, -0.1) is 0 Å². The van der Waals surface area contributed by atoms with Gasteiger partial charge in [0.1, 0.15) is 5.75 Å². The van der Waals surface area contributed by atoms with E-state index in [0.717, 1.165) is 0 Å². The van der Waals surface area contributed by atoms with Crippen molar-refractivity contribution in [1.29, 1.82) is 0 Å². The monoisotopic (exact) mass is 176 g/mol. The van der Waals surface area contributed by atoms with Gasteiger partial charge >= 0.3 is 51.4 Å². The molecule has 0 aliphatic rings. The fraction of sp³-hybridized carbons (Fsp3) is 0.250. The van der Waals surface area contributed by atoms with Gasteiger partial charge in [0, 0.05) is 0 Å². The van der Waals surface area contributed by atoms with Gasteiger partial charge in [-0.25, -0.2) is 0 Å². The van der Waals surface area contributed by atoms with Crippen LogP contribution in [0.25, 0.3) is 0 Å². The van der Waals surface area contributed by atoms with Crippen LogP contribution in [0.5, 0.6) is 11.5 Å². The molecule has 0 atom stereocenters. The zero-order chi connectivity index (χ0) is 7.40. The first kappa shape index (κ1) is 11.5. The summed E-state index contributed by atoms with van der Waals surface area (Å²) in [5, 5.41) is 10.9. The van der Waals surface area contributed by atoms with Crippen LogP contribution in [0.4, 0.5) is 0 Å². The smallest absolute Gasteiger partial charge is 0.870 e. The van der Waals surface area contributed by atoms with Crippen molar-refractivity contribution in [1.82, 2.24) is 0 Å². The third-order valence-corrected chi connectivity index (χ3v) is 1.15. The van der Waals surface area contributed by atoms with E-state index < -0.39 is 0 Å². The molecule has 0 amide bonds. The molecule has 0 aromatic heterocycles. The zero-order valence-corrected chi connectivity index (χ0v) is 9.96. The number of rotatable bonds is 2. The molecule has 0 aliphatic heterocycles. The second-order valence-electron chi connectivity index (χ2n) is 1.88. The first-order chi connectivity index (χ1) is 4.84. The van der Waals surface area contributed by atoms with Crippen LogP contribution in [-0.2, 0) is 0 Å². The van der Waals surface area contributed by atoms with Gasteiger partial charge in [0.15, 0.2) is 0 Å². The first-order valence-corrected chi connectivity index (χ1v) is 3.23.